The Morgan fingerprint density at radius 3 is 2.44 bits per heavy atom. The first-order chi connectivity index (χ1) is 16.3. The molecule has 8 heteroatoms. The van der Waals surface area contributed by atoms with Crippen LogP contribution in [-0.2, 0) is 4.79 Å². The predicted octanol–water partition coefficient (Wildman–Crippen LogP) is 6.94. The highest BCUT2D eigenvalue weighted by atomic mass is 35.5. The maximum atomic E-state index is 13.6. The molecular formula is C26H23Cl2N3O2S. The van der Waals surface area contributed by atoms with Crippen molar-refractivity contribution in [2.24, 2.45) is 0 Å². The Bertz CT molecular complexity index is 1440. The van der Waals surface area contributed by atoms with Crippen molar-refractivity contribution in [1.82, 2.24) is 9.55 Å². The van der Waals surface area contributed by atoms with Gasteiger partial charge in [-0.1, -0.05) is 85.2 Å². The summed E-state index contributed by atoms with van der Waals surface area (Å²) in [5.74, 6) is -0.0848. The van der Waals surface area contributed by atoms with E-state index in [4.69, 9.17) is 28.2 Å². The molecule has 0 fully saturated rings. The van der Waals surface area contributed by atoms with Gasteiger partial charge in [0.25, 0.3) is 5.56 Å². The molecule has 1 amide bonds. The number of hydrogen-bond donors (Lipinski definition) is 1. The van der Waals surface area contributed by atoms with Crippen molar-refractivity contribution < 1.29 is 4.79 Å². The Hall–Kier alpha value is -2.80. The summed E-state index contributed by atoms with van der Waals surface area (Å²) in [6.45, 7) is 5.92. The van der Waals surface area contributed by atoms with E-state index in [1.807, 2.05) is 36.4 Å². The molecule has 0 radical (unpaired) electrons. The van der Waals surface area contributed by atoms with Crippen LogP contribution < -0.4 is 10.9 Å². The van der Waals surface area contributed by atoms with Gasteiger partial charge in [0.2, 0.25) is 5.91 Å². The van der Waals surface area contributed by atoms with E-state index in [-0.39, 0.29) is 22.4 Å². The van der Waals surface area contributed by atoms with Gasteiger partial charge in [0.1, 0.15) is 0 Å². The number of anilines is 1. The van der Waals surface area contributed by atoms with Gasteiger partial charge in [-0.2, -0.15) is 0 Å². The molecule has 1 aromatic heterocycles. The number of nitrogens with one attached hydrogen (secondary N) is 1. The van der Waals surface area contributed by atoms with Gasteiger partial charge in [-0.25, -0.2) is 4.98 Å². The molecule has 0 saturated carbocycles. The van der Waals surface area contributed by atoms with Crippen LogP contribution in [0.15, 0.2) is 76.7 Å². The lowest BCUT2D eigenvalue weighted by Gasteiger charge is -2.20. The number of aromatic nitrogens is 2. The monoisotopic (exact) mass is 511 g/mol. The van der Waals surface area contributed by atoms with Crippen LogP contribution in [0.4, 0.5) is 5.69 Å². The van der Waals surface area contributed by atoms with Crippen molar-refractivity contribution in [3.8, 4) is 5.69 Å². The second-order valence-electron chi connectivity index (χ2n) is 8.12. The van der Waals surface area contributed by atoms with Gasteiger partial charge in [-0.05, 0) is 48.7 Å². The number of rotatable bonds is 6. The summed E-state index contributed by atoms with van der Waals surface area (Å²) in [4.78, 5) is 31.4. The molecule has 0 aliphatic carbocycles. The zero-order chi connectivity index (χ0) is 24.4. The topological polar surface area (TPSA) is 64.0 Å². The maximum Gasteiger partial charge on any atom is 0.266 e. The number of halogens is 2. The van der Waals surface area contributed by atoms with Crippen molar-refractivity contribution in [2.45, 2.75) is 37.1 Å². The molecular weight excluding hydrogens is 489 g/mol. The van der Waals surface area contributed by atoms with E-state index in [0.29, 0.717) is 26.8 Å². The number of fused-ring (bicyclic) bond motifs is 1. The summed E-state index contributed by atoms with van der Waals surface area (Å²) in [5.41, 5.74) is 2.62. The van der Waals surface area contributed by atoms with Gasteiger partial charge in [-0.3, -0.25) is 14.2 Å². The van der Waals surface area contributed by atoms with E-state index in [0.717, 1.165) is 11.3 Å². The first-order valence-corrected chi connectivity index (χ1v) is 12.4. The smallest absolute Gasteiger partial charge is 0.266 e. The fourth-order valence-corrected chi connectivity index (χ4v) is 4.90. The summed E-state index contributed by atoms with van der Waals surface area (Å²) in [5, 5.41) is 3.85. The quantitative estimate of drug-likeness (QED) is 0.225. The van der Waals surface area contributed by atoms with Crippen LogP contribution >= 0.6 is 35.0 Å². The Morgan fingerprint density at radius 1 is 0.971 bits per heavy atom. The summed E-state index contributed by atoms with van der Waals surface area (Å²) in [7, 11) is 0. The molecule has 0 bridgehead atoms. The van der Waals surface area contributed by atoms with E-state index in [1.165, 1.54) is 11.8 Å². The van der Waals surface area contributed by atoms with Crippen LogP contribution in [0.5, 0.6) is 0 Å². The van der Waals surface area contributed by atoms with Crippen molar-refractivity contribution in [3.05, 3.63) is 92.7 Å². The largest absolute Gasteiger partial charge is 0.324 e. The molecule has 1 N–H and O–H groups in total. The molecule has 3 aromatic carbocycles. The zero-order valence-corrected chi connectivity index (χ0v) is 21.2. The molecule has 0 saturated heterocycles. The second kappa shape index (κ2) is 10.2. The van der Waals surface area contributed by atoms with Gasteiger partial charge in [0.05, 0.1) is 37.6 Å². The SMILES string of the molecule is CC(Sc1nc2ccccc2c(=O)n1-c1ccccc1C(C)C)C(=O)Nc1cccc(Cl)c1Cl. The van der Waals surface area contributed by atoms with Gasteiger partial charge in [-0.15, -0.1) is 0 Å². The highest BCUT2D eigenvalue weighted by Gasteiger charge is 2.22. The maximum absolute atomic E-state index is 13.6. The first-order valence-electron chi connectivity index (χ1n) is 10.8. The molecule has 0 spiro atoms. The molecule has 34 heavy (non-hydrogen) atoms. The lowest BCUT2D eigenvalue weighted by Crippen LogP contribution is -2.27. The molecule has 0 aliphatic heterocycles. The van der Waals surface area contributed by atoms with E-state index in [9.17, 15) is 9.59 Å². The van der Waals surface area contributed by atoms with Crippen LogP contribution in [0.2, 0.25) is 10.0 Å². The highest BCUT2D eigenvalue weighted by Crippen LogP contribution is 2.32. The Morgan fingerprint density at radius 2 is 1.68 bits per heavy atom. The first kappa shape index (κ1) is 24.3. The number of nitrogens with zero attached hydrogens (tertiary/aromatic N) is 2. The molecule has 0 aliphatic rings. The molecule has 4 rings (SSSR count). The number of amides is 1. The minimum absolute atomic E-state index is 0.174. The summed E-state index contributed by atoms with van der Waals surface area (Å²) in [6, 6.07) is 20.1. The van der Waals surface area contributed by atoms with Crippen LogP contribution in [0.25, 0.3) is 16.6 Å². The van der Waals surface area contributed by atoms with Crippen LogP contribution in [-0.4, -0.2) is 20.7 Å². The number of thioether (sulfide) groups is 1. The summed E-state index contributed by atoms with van der Waals surface area (Å²) >= 11 is 13.5. The number of hydrogen-bond acceptors (Lipinski definition) is 4. The molecule has 1 unspecified atom stereocenters. The molecule has 5 nitrogen and oxygen atoms in total. The van der Waals surface area contributed by atoms with Gasteiger partial charge >= 0.3 is 0 Å². The Balaban J connectivity index is 1.78. The van der Waals surface area contributed by atoms with Gasteiger partial charge < -0.3 is 5.32 Å². The van der Waals surface area contributed by atoms with Crippen LogP contribution in [0.3, 0.4) is 0 Å². The van der Waals surface area contributed by atoms with E-state index >= 15 is 0 Å². The van der Waals surface area contributed by atoms with Crippen molar-refractivity contribution in [3.63, 3.8) is 0 Å². The third-order valence-corrected chi connectivity index (χ3v) is 7.28. The number of para-hydroxylation sites is 2. The Kier molecular flexibility index (Phi) is 7.31. The second-order valence-corrected chi connectivity index (χ2v) is 10.2. The number of carbonyl (C=O) groups is 1. The van der Waals surface area contributed by atoms with E-state index < -0.39 is 5.25 Å². The van der Waals surface area contributed by atoms with E-state index in [2.05, 4.69) is 19.2 Å². The normalized spacial score (nSPS) is 12.2. The van der Waals surface area contributed by atoms with Crippen molar-refractivity contribution in [2.75, 3.05) is 5.32 Å². The fraction of sp³-hybridized carbons (Fsp3) is 0.192. The van der Waals surface area contributed by atoms with Crippen LogP contribution in [0, 0.1) is 0 Å². The lowest BCUT2D eigenvalue weighted by molar-refractivity contribution is -0.115. The third-order valence-electron chi connectivity index (χ3n) is 5.41. The lowest BCUT2D eigenvalue weighted by atomic mass is 10.0. The zero-order valence-electron chi connectivity index (χ0n) is 18.9. The fourth-order valence-electron chi connectivity index (χ4n) is 3.63. The average molecular weight is 512 g/mol. The Labute approximate surface area is 212 Å². The molecule has 1 atom stereocenters. The molecule has 4 aromatic rings. The predicted molar refractivity (Wildman–Crippen MR) is 142 cm³/mol. The molecule has 174 valence electrons. The third kappa shape index (κ3) is 4.85. The minimum atomic E-state index is -0.569. The summed E-state index contributed by atoms with van der Waals surface area (Å²) in [6.07, 6.45) is 0. The highest BCUT2D eigenvalue weighted by molar-refractivity contribution is 8.00. The molecule has 1 heterocycles. The van der Waals surface area contributed by atoms with Crippen LogP contribution in [0.1, 0.15) is 32.3 Å². The minimum Gasteiger partial charge on any atom is -0.324 e. The van der Waals surface area contributed by atoms with Gasteiger partial charge in [0.15, 0.2) is 5.16 Å². The number of benzene rings is 3. The van der Waals surface area contributed by atoms with Gasteiger partial charge in [0, 0.05) is 0 Å². The average Bonchev–Trinajstić information content (AvgIpc) is 2.82. The van der Waals surface area contributed by atoms with E-state index in [1.54, 1.807) is 41.8 Å². The van der Waals surface area contributed by atoms with Crippen molar-refractivity contribution in [1.29, 1.82) is 0 Å². The summed E-state index contributed by atoms with van der Waals surface area (Å²) < 4.78 is 1.61. The van der Waals surface area contributed by atoms with Crippen molar-refractivity contribution >= 4 is 57.5 Å². The standard InChI is InChI=1S/C26H23Cl2N3O2S/c1-15(2)17-9-5-7-14-22(17)31-25(33)18-10-4-6-12-20(18)30-26(31)34-16(3)24(32)29-21-13-8-11-19(27)23(21)28/h4-16H,1-3H3,(H,29,32). The number of carbonyl (C=O) groups excluding carboxylic acids is 1.